The van der Waals surface area contributed by atoms with Gasteiger partial charge in [0.05, 0.1) is 7.11 Å². The summed E-state index contributed by atoms with van der Waals surface area (Å²) in [6.45, 7) is -0.464. The molecule has 0 unspecified atom stereocenters. The number of benzene rings is 1. The first-order valence-electron chi connectivity index (χ1n) is 6.90. The zero-order valence-electron chi connectivity index (χ0n) is 13.6. The first-order chi connectivity index (χ1) is 12.5. The standard InChI is InChI=1S/C14H11F5N2O6/c1-24-5-8(22)11(12(23)25-2)21-20-7-4-10-9(3-6(7)15)26-13(16,17)14(18,19)27-10/h3-4,22H,5H2,1-2H3. The minimum absolute atomic E-state index is 0.323. The second-order valence-electron chi connectivity index (χ2n) is 4.91. The second-order valence-corrected chi connectivity index (χ2v) is 4.91. The van der Waals surface area contributed by atoms with Gasteiger partial charge in [-0.25, -0.2) is 9.18 Å². The van der Waals surface area contributed by atoms with Crippen LogP contribution in [-0.2, 0) is 14.3 Å². The molecule has 1 aromatic rings. The summed E-state index contributed by atoms with van der Waals surface area (Å²) in [5.74, 6) is -5.11. The predicted molar refractivity (Wildman–Crippen MR) is 75.6 cm³/mol. The van der Waals surface area contributed by atoms with Crippen LogP contribution in [-0.4, -0.2) is 44.1 Å². The number of carbonyl (C=O) groups is 1. The topological polar surface area (TPSA) is 98.9 Å². The lowest BCUT2D eigenvalue weighted by Crippen LogP contribution is -2.52. The number of aliphatic hydroxyl groups is 1. The maximum Gasteiger partial charge on any atom is 0.507 e. The molecule has 0 amide bonds. The third kappa shape index (κ3) is 4.07. The number of nitrogens with zero attached hydrogens (tertiary/aromatic N) is 2. The normalized spacial score (nSPS) is 18.2. The van der Waals surface area contributed by atoms with Crippen LogP contribution in [0.15, 0.2) is 33.8 Å². The first-order valence-corrected chi connectivity index (χ1v) is 6.90. The molecule has 27 heavy (non-hydrogen) atoms. The van der Waals surface area contributed by atoms with Crippen LogP contribution < -0.4 is 9.47 Å². The summed E-state index contributed by atoms with van der Waals surface area (Å²) in [6, 6.07) is 0.822. The van der Waals surface area contributed by atoms with Crippen LogP contribution in [0.5, 0.6) is 11.5 Å². The molecule has 2 rings (SSSR count). The Balaban J connectivity index is 2.42. The minimum Gasteiger partial charge on any atom is -0.507 e. The monoisotopic (exact) mass is 398 g/mol. The fourth-order valence-electron chi connectivity index (χ4n) is 1.78. The molecule has 0 bridgehead atoms. The molecule has 0 fully saturated rings. The van der Waals surface area contributed by atoms with Crippen molar-refractivity contribution >= 4 is 11.7 Å². The highest BCUT2D eigenvalue weighted by Crippen LogP contribution is 2.48. The Kier molecular flexibility index (Phi) is 5.54. The lowest BCUT2D eigenvalue weighted by Gasteiger charge is -2.31. The van der Waals surface area contributed by atoms with Crippen LogP contribution in [0.4, 0.5) is 27.6 Å². The van der Waals surface area contributed by atoms with Gasteiger partial charge in [-0.15, -0.1) is 10.2 Å². The molecule has 8 nitrogen and oxygen atoms in total. The highest BCUT2D eigenvalue weighted by Gasteiger charge is 2.66. The molecule has 0 atom stereocenters. The van der Waals surface area contributed by atoms with Crippen LogP contribution in [0.25, 0.3) is 0 Å². The van der Waals surface area contributed by atoms with Gasteiger partial charge in [0, 0.05) is 19.2 Å². The van der Waals surface area contributed by atoms with Crippen molar-refractivity contribution in [1.29, 1.82) is 0 Å². The molecule has 0 spiro atoms. The Morgan fingerprint density at radius 1 is 1.15 bits per heavy atom. The number of hydrogen-bond acceptors (Lipinski definition) is 8. The zero-order valence-corrected chi connectivity index (χ0v) is 13.6. The molecule has 0 saturated heterocycles. The number of alkyl halides is 4. The van der Waals surface area contributed by atoms with E-state index >= 15 is 0 Å². The van der Waals surface area contributed by atoms with Crippen molar-refractivity contribution in [3.8, 4) is 11.5 Å². The molecule has 0 radical (unpaired) electrons. The number of esters is 1. The molecule has 1 aliphatic rings. The van der Waals surface area contributed by atoms with Crippen LogP contribution >= 0.6 is 0 Å². The van der Waals surface area contributed by atoms with E-state index in [-0.39, 0.29) is 0 Å². The van der Waals surface area contributed by atoms with Crippen molar-refractivity contribution in [2.75, 3.05) is 20.8 Å². The molecule has 0 saturated carbocycles. The Labute approximate surface area is 147 Å². The summed E-state index contributed by atoms with van der Waals surface area (Å²) in [7, 11) is 2.16. The molecule has 1 heterocycles. The third-order valence-electron chi connectivity index (χ3n) is 3.02. The summed E-state index contributed by atoms with van der Waals surface area (Å²) in [6.07, 6.45) is -10.0. The molecule has 1 aromatic carbocycles. The summed E-state index contributed by atoms with van der Waals surface area (Å²) in [5, 5.41) is 16.2. The summed E-state index contributed by atoms with van der Waals surface area (Å²) in [5.41, 5.74) is -1.53. The van der Waals surface area contributed by atoms with E-state index in [1.54, 1.807) is 0 Å². The Hall–Kier alpha value is -2.96. The van der Waals surface area contributed by atoms with E-state index in [1.807, 2.05) is 0 Å². The van der Waals surface area contributed by atoms with Crippen LogP contribution in [0.3, 0.4) is 0 Å². The SMILES string of the molecule is COCC(O)=C(N=Nc1cc2c(cc1F)OC(F)(F)C(F)(F)O2)C(=O)OC. The van der Waals surface area contributed by atoms with Gasteiger partial charge in [0.1, 0.15) is 12.3 Å². The van der Waals surface area contributed by atoms with Gasteiger partial charge in [0.15, 0.2) is 23.1 Å². The zero-order chi connectivity index (χ0) is 20.4. The van der Waals surface area contributed by atoms with Crippen molar-refractivity contribution < 1.29 is 50.8 Å². The van der Waals surface area contributed by atoms with E-state index in [2.05, 4.69) is 29.2 Å². The van der Waals surface area contributed by atoms with Crippen LogP contribution in [0, 0.1) is 5.82 Å². The van der Waals surface area contributed by atoms with Crippen molar-refractivity contribution in [3.05, 3.63) is 29.4 Å². The Morgan fingerprint density at radius 3 is 2.22 bits per heavy atom. The second kappa shape index (κ2) is 7.34. The maximum absolute atomic E-state index is 14.0. The Bertz CT molecular complexity index is 811. The molecule has 0 aliphatic carbocycles. The van der Waals surface area contributed by atoms with Gasteiger partial charge in [-0.3, -0.25) is 0 Å². The number of fused-ring (bicyclic) bond motifs is 1. The lowest BCUT2D eigenvalue weighted by atomic mass is 10.2. The number of halogens is 5. The van der Waals surface area contributed by atoms with E-state index in [9.17, 15) is 31.9 Å². The summed E-state index contributed by atoms with van der Waals surface area (Å²) < 4.78 is 83.0. The van der Waals surface area contributed by atoms with E-state index in [0.717, 1.165) is 7.11 Å². The maximum atomic E-state index is 14.0. The average Bonchev–Trinajstić information content (AvgIpc) is 2.56. The predicted octanol–water partition coefficient (Wildman–Crippen LogP) is 3.46. The highest BCUT2D eigenvalue weighted by atomic mass is 19.3. The van der Waals surface area contributed by atoms with Crippen molar-refractivity contribution in [3.63, 3.8) is 0 Å². The van der Waals surface area contributed by atoms with Crippen LogP contribution in [0.1, 0.15) is 0 Å². The quantitative estimate of drug-likeness (QED) is 0.268. The van der Waals surface area contributed by atoms with E-state index in [1.165, 1.54) is 7.11 Å². The molecular weight excluding hydrogens is 387 g/mol. The number of ether oxygens (including phenoxy) is 4. The van der Waals surface area contributed by atoms with Gasteiger partial charge < -0.3 is 24.1 Å². The number of azo groups is 1. The van der Waals surface area contributed by atoms with E-state index in [4.69, 9.17) is 0 Å². The molecule has 13 heteroatoms. The molecule has 1 aliphatic heterocycles. The number of methoxy groups -OCH3 is 2. The number of hydrogen-bond donors (Lipinski definition) is 1. The number of rotatable bonds is 5. The molecule has 1 N–H and O–H groups in total. The van der Waals surface area contributed by atoms with E-state index < -0.39 is 59.3 Å². The van der Waals surface area contributed by atoms with Gasteiger partial charge >= 0.3 is 18.2 Å². The van der Waals surface area contributed by atoms with Crippen LogP contribution in [0.2, 0.25) is 0 Å². The van der Waals surface area contributed by atoms with Gasteiger partial charge in [0.2, 0.25) is 5.70 Å². The van der Waals surface area contributed by atoms with Crippen molar-refractivity contribution in [2.24, 2.45) is 10.2 Å². The van der Waals surface area contributed by atoms with E-state index in [0.29, 0.717) is 12.1 Å². The summed E-state index contributed by atoms with van der Waals surface area (Å²) >= 11 is 0. The number of aliphatic hydroxyl groups excluding tert-OH is 1. The largest absolute Gasteiger partial charge is 0.507 e. The van der Waals surface area contributed by atoms with Gasteiger partial charge in [-0.2, -0.15) is 17.6 Å². The summed E-state index contributed by atoms with van der Waals surface area (Å²) in [4.78, 5) is 11.6. The Morgan fingerprint density at radius 2 is 1.70 bits per heavy atom. The van der Waals surface area contributed by atoms with Crippen molar-refractivity contribution in [2.45, 2.75) is 12.2 Å². The number of carbonyl (C=O) groups excluding carboxylic acids is 1. The van der Waals surface area contributed by atoms with Crippen molar-refractivity contribution in [1.82, 2.24) is 0 Å². The minimum atomic E-state index is -5.01. The fraction of sp³-hybridized carbons (Fsp3) is 0.357. The fourth-order valence-corrected chi connectivity index (χ4v) is 1.78. The first kappa shape index (κ1) is 20.4. The van der Waals surface area contributed by atoms with Gasteiger partial charge in [-0.1, -0.05) is 0 Å². The van der Waals surface area contributed by atoms with Gasteiger partial charge in [-0.05, 0) is 0 Å². The lowest BCUT2D eigenvalue weighted by molar-refractivity contribution is -0.391. The average molecular weight is 398 g/mol. The third-order valence-corrected chi connectivity index (χ3v) is 3.02. The highest BCUT2D eigenvalue weighted by molar-refractivity contribution is 5.88. The smallest absolute Gasteiger partial charge is 0.507 e. The molecule has 0 aromatic heterocycles. The molecule has 148 valence electrons. The van der Waals surface area contributed by atoms with Gasteiger partial charge in [0.25, 0.3) is 0 Å². The molecular formula is C14H11F5N2O6.